The highest BCUT2D eigenvalue weighted by molar-refractivity contribution is 6.04. The summed E-state index contributed by atoms with van der Waals surface area (Å²) in [7, 11) is 0. The minimum atomic E-state index is 0.0215. The van der Waals surface area contributed by atoms with Gasteiger partial charge in [-0.05, 0) is 17.5 Å². The van der Waals surface area contributed by atoms with Crippen molar-refractivity contribution >= 4 is 5.78 Å². The first kappa shape index (κ1) is 14.1. The third-order valence-corrected chi connectivity index (χ3v) is 3.15. The second kappa shape index (κ2) is 7.29. The zero-order chi connectivity index (χ0) is 14.2. The highest BCUT2D eigenvalue weighted by Gasteiger charge is 2.00. The molecule has 0 saturated carbocycles. The van der Waals surface area contributed by atoms with E-state index in [-0.39, 0.29) is 5.78 Å². The molecular weight excluding hydrogens is 246 g/mol. The SMILES string of the molecule is CCc1ccc(C(=O)/C=C/NCc2ccccc2)cc1. The van der Waals surface area contributed by atoms with Gasteiger partial charge < -0.3 is 5.32 Å². The lowest BCUT2D eigenvalue weighted by atomic mass is 10.1. The van der Waals surface area contributed by atoms with Crippen LogP contribution in [0.5, 0.6) is 0 Å². The second-order valence-corrected chi connectivity index (χ2v) is 4.61. The standard InChI is InChI=1S/C18H19NO/c1-2-15-8-10-17(11-9-15)18(20)12-13-19-14-16-6-4-3-5-7-16/h3-13,19H,2,14H2,1H3/b13-12+. The van der Waals surface area contributed by atoms with Crippen molar-refractivity contribution in [1.29, 1.82) is 0 Å². The maximum Gasteiger partial charge on any atom is 0.187 e. The predicted octanol–water partition coefficient (Wildman–Crippen LogP) is 3.74. The molecule has 0 aliphatic rings. The van der Waals surface area contributed by atoms with E-state index in [4.69, 9.17) is 0 Å². The first-order valence-electron chi connectivity index (χ1n) is 6.86. The lowest BCUT2D eigenvalue weighted by Gasteiger charge is -2.01. The largest absolute Gasteiger partial charge is 0.387 e. The van der Waals surface area contributed by atoms with Crippen molar-refractivity contribution in [2.45, 2.75) is 19.9 Å². The Labute approximate surface area is 120 Å². The number of carbonyl (C=O) groups excluding carboxylic acids is 1. The fraction of sp³-hybridized carbons (Fsp3) is 0.167. The van der Waals surface area contributed by atoms with Crippen LogP contribution in [0.15, 0.2) is 66.9 Å². The molecule has 0 unspecified atom stereocenters. The lowest BCUT2D eigenvalue weighted by molar-refractivity contribution is 0.104. The van der Waals surface area contributed by atoms with Crippen LogP contribution in [-0.4, -0.2) is 5.78 Å². The highest BCUT2D eigenvalue weighted by Crippen LogP contribution is 2.06. The van der Waals surface area contributed by atoms with Gasteiger partial charge in [-0.25, -0.2) is 0 Å². The Morgan fingerprint density at radius 3 is 2.35 bits per heavy atom. The summed E-state index contributed by atoms with van der Waals surface area (Å²) >= 11 is 0. The monoisotopic (exact) mass is 265 g/mol. The number of aryl methyl sites for hydroxylation is 1. The molecule has 2 rings (SSSR count). The van der Waals surface area contributed by atoms with Crippen molar-refractivity contribution in [3.8, 4) is 0 Å². The average Bonchev–Trinajstić information content (AvgIpc) is 2.52. The fourth-order valence-corrected chi connectivity index (χ4v) is 1.91. The molecule has 20 heavy (non-hydrogen) atoms. The predicted molar refractivity (Wildman–Crippen MR) is 82.6 cm³/mol. The molecule has 0 spiro atoms. The van der Waals surface area contributed by atoms with Gasteiger partial charge in [0.05, 0.1) is 0 Å². The lowest BCUT2D eigenvalue weighted by Crippen LogP contribution is -2.05. The van der Waals surface area contributed by atoms with Gasteiger partial charge in [-0.3, -0.25) is 4.79 Å². The molecule has 0 aliphatic heterocycles. The van der Waals surface area contributed by atoms with Crippen LogP contribution in [-0.2, 0) is 13.0 Å². The Bertz CT molecular complexity index is 570. The third-order valence-electron chi connectivity index (χ3n) is 3.15. The van der Waals surface area contributed by atoms with E-state index in [1.54, 1.807) is 12.3 Å². The Balaban J connectivity index is 1.85. The molecule has 2 aromatic carbocycles. The quantitative estimate of drug-likeness (QED) is 0.637. The van der Waals surface area contributed by atoms with E-state index in [9.17, 15) is 4.79 Å². The van der Waals surface area contributed by atoms with Crippen molar-refractivity contribution in [1.82, 2.24) is 5.32 Å². The summed E-state index contributed by atoms with van der Waals surface area (Å²) in [4.78, 5) is 11.9. The second-order valence-electron chi connectivity index (χ2n) is 4.61. The number of nitrogens with one attached hydrogen (secondary N) is 1. The first-order valence-corrected chi connectivity index (χ1v) is 6.86. The van der Waals surface area contributed by atoms with Gasteiger partial charge in [-0.15, -0.1) is 0 Å². The molecule has 0 fully saturated rings. The number of allylic oxidation sites excluding steroid dienone is 1. The zero-order valence-electron chi connectivity index (χ0n) is 11.7. The number of carbonyl (C=O) groups is 1. The molecule has 0 radical (unpaired) electrons. The molecule has 0 amide bonds. The molecule has 0 aliphatic carbocycles. The molecule has 102 valence electrons. The van der Waals surface area contributed by atoms with E-state index in [0.29, 0.717) is 0 Å². The molecule has 0 heterocycles. The van der Waals surface area contributed by atoms with Crippen molar-refractivity contribution in [2.24, 2.45) is 0 Å². The Morgan fingerprint density at radius 1 is 1.00 bits per heavy atom. The Hall–Kier alpha value is -2.35. The van der Waals surface area contributed by atoms with Gasteiger partial charge in [-0.2, -0.15) is 0 Å². The van der Waals surface area contributed by atoms with Gasteiger partial charge in [0, 0.05) is 24.4 Å². The van der Waals surface area contributed by atoms with Gasteiger partial charge in [0.15, 0.2) is 5.78 Å². The van der Waals surface area contributed by atoms with E-state index in [1.807, 2.05) is 54.6 Å². The number of hydrogen-bond acceptors (Lipinski definition) is 2. The number of hydrogen-bond donors (Lipinski definition) is 1. The molecule has 0 saturated heterocycles. The summed E-state index contributed by atoms with van der Waals surface area (Å²) in [6, 6.07) is 17.8. The van der Waals surface area contributed by atoms with Gasteiger partial charge in [-0.1, -0.05) is 61.5 Å². The van der Waals surface area contributed by atoms with Crippen molar-refractivity contribution in [3.05, 3.63) is 83.6 Å². The number of rotatable bonds is 6. The van der Waals surface area contributed by atoms with Crippen LogP contribution in [0.2, 0.25) is 0 Å². The van der Waals surface area contributed by atoms with Crippen LogP contribution in [0.4, 0.5) is 0 Å². The molecule has 0 bridgehead atoms. The van der Waals surface area contributed by atoms with Crippen LogP contribution in [0.25, 0.3) is 0 Å². The smallest absolute Gasteiger partial charge is 0.187 e. The van der Waals surface area contributed by atoms with E-state index in [2.05, 4.69) is 12.2 Å². The van der Waals surface area contributed by atoms with Crippen LogP contribution >= 0.6 is 0 Å². The molecular formula is C18H19NO. The Morgan fingerprint density at radius 2 is 1.70 bits per heavy atom. The summed E-state index contributed by atoms with van der Waals surface area (Å²) in [5, 5.41) is 3.12. The van der Waals surface area contributed by atoms with Crippen molar-refractivity contribution in [2.75, 3.05) is 0 Å². The minimum Gasteiger partial charge on any atom is -0.387 e. The van der Waals surface area contributed by atoms with Crippen LogP contribution in [0.1, 0.15) is 28.4 Å². The summed E-state index contributed by atoms with van der Waals surface area (Å²) in [6.07, 6.45) is 4.27. The first-order chi connectivity index (χ1) is 9.79. The fourth-order valence-electron chi connectivity index (χ4n) is 1.91. The Kier molecular flexibility index (Phi) is 5.13. The summed E-state index contributed by atoms with van der Waals surface area (Å²) in [6.45, 7) is 2.82. The molecule has 2 heteroatoms. The topological polar surface area (TPSA) is 29.1 Å². The summed E-state index contributed by atoms with van der Waals surface area (Å²) in [5.74, 6) is 0.0215. The van der Waals surface area contributed by atoms with Gasteiger partial charge >= 0.3 is 0 Å². The number of ketones is 1. The third kappa shape index (κ3) is 4.09. The van der Waals surface area contributed by atoms with Gasteiger partial charge in [0.1, 0.15) is 0 Å². The molecule has 1 N–H and O–H groups in total. The van der Waals surface area contributed by atoms with Crippen LogP contribution in [0.3, 0.4) is 0 Å². The van der Waals surface area contributed by atoms with Crippen molar-refractivity contribution in [3.63, 3.8) is 0 Å². The zero-order valence-corrected chi connectivity index (χ0v) is 11.7. The minimum absolute atomic E-state index is 0.0215. The van der Waals surface area contributed by atoms with Crippen LogP contribution in [0, 0.1) is 0 Å². The average molecular weight is 265 g/mol. The molecule has 2 nitrogen and oxygen atoms in total. The van der Waals surface area contributed by atoms with Crippen molar-refractivity contribution < 1.29 is 4.79 Å². The normalized spacial score (nSPS) is 10.7. The van der Waals surface area contributed by atoms with Gasteiger partial charge in [0.2, 0.25) is 0 Å². The van der Waals surface area contributed by atoms with E-state index >= 15 is 0 Å². The van der Waals surface area contributed by atoms with E-state index < -0.39 is 0 Å². The molecule has 0 atom stereocenters. The summed E-state index contributed by atoms with van der Waals surface area (Å²) < 4.78 is 0. The van der Waals surface area contributed by atoms with E-state index in [1.165, 1.54) is 11.1 Å². The highest BCUT2D eigenvalue weighted by atomic mass is 16.1. The number of benzene rings is 2. The van der Waals surface area contributed by atoms with Gasteiger partial charge in [0.25, 0.3) is 0 Å². The summed E-state index contributed by atoms with van der Waals surface area (Å²) in [5.41, 5.74) is 3.16. The van der Waals surface area contributed by atoms with E-state index in [0.717, 1.165) is 18.5 Å². The van der Waals surface area contributed by atoms with Crippen LogP contribution < -0.4 is 5.32 Å². The maximum atomic E-state index is 11.9. The maximum absolute atomic E-state index is 11.9. The molecule has 2 aromatic rings. The molecule has 0 aromatic heterocycles.